The van der Waals surface area contributed by atoms with Crippen LogP contribution >= 0.6 is 0 Å². The summed E-state index contributed by atoms with van der Waals surface area (Å²) in [6.07, 6.45) is -1.30. The van der Waals surface area contributed by atoms with E-state index in [2.05, 4.69) is 10.6 Å². The number of carbonyl (C=O) groups is 1. The predicted octanol–water partition coefficient (Wildman–Crippen LogP) is 0.724. The minimum Gasteiger partial charge on any atom is -0.389 e. The largest absolute Gasteiger partial charge is 0.389 e. The van der Waals surface area contributed by atoms with Crippen molar-refractivity contribution in [1.82, 2.24) is 10.6 Å². The van der Waals surface area contributed by atoms with E-state index in [9.17, 15) is 18.7 Å². The zero-order chi connectivity index (χ0) is 18.4. The first-order valence-electron chi connectivity index (χ1n) is 8.25. The van der Waals surface area contributed by atoms with Crippen molar-refractivity contribution in [2.75, 3.05) is 19.8 Å². The summed E-state index contributed by atoms with van der Waals surface area (Å²) in [7, 11) is 0. The Morgan fingerprint density at radius 1 is 1.44 bits per heavy atom. The van der Waals surface area contributed by atoms with E-state index in [1.165, 1.54) is 19.1 Å². The zero-order valence-corrected chi connectivity index (χ0v) is 14.3. The molecule has 140 valence electrons. The van der Waals surface area contributed by atoms with E-state index in [0.717, 1.165) is 6.07 Å². The quantitative estimate of drug-likeness (QED) is 0.670. The summed E-state index contributed by atoms with van der Waals surface area (Å²) < 4.78 is 37.6. The van der Waals surface area contributed by atoms with Gasteiger partial charge in [-0.05, 0) is 31.0 Å². The van der Waals surface area contributed by atoms with Gasteiger partial charge in [0.1, 0.15) is 11.6 Å². The molecule has 1 saturated heterocycles. The van der Waals surface area contributed by atoms with Crippen LogP contribution in [0.1, 0.15) is 19.4 Å². The smallest absolute Gasteiger partial charge is 0.217 e. The minimum atomic E-state index is -1.00. The van der Waals surface area contributed by atoms with E-state index >= 15 is 0 Å². The molecule has 2 rings (SSSR count). The van der Waals surface area contributed by atoms with Crippen molar-refractivity contribution in [2.24, 2.45) is 0 Å². The molecule has 1 fully saturated rings. The van der Waals surface area contributed by atoms with Gasteiger partial charge in [-0.15, -0.1) is 0 Å². The van der Waals surface area contributed by atoms with Gasteiger partial charge in [0, 0.05) is 26.1 Å². The highest BCUT2D eigenvalue weighted by Gasteiger charge is 2.32. The van der Waals surface area contributed by atoms with Gasteiger partial charge in [-0.25, -0.2) is 8.78 Å². The molecular formula is C17H24F2N2O4. The fourth-order valence-electron chi connectivity index (χ4n) is 2.87. The Balaban J connectivity index is 2.04. The van der Waals surface area contributed by atoms with Crippen molar-refractivity contribution in [3.05, 3.63) is 35.4 Å². The second-order valence-electron chi connectivity index (χ2n) is 6.01. The summed E-state index contributed by atoms with van der Waals surface area (Å²) in [6.45, 7) is 4.28. The van der Waals surface area contributed by atoms with Crippen LogP contribution in [0.4, 0.5) is 8.78 Å². The molecule has 6 nitrogen and oxygen atoms in total. The topological polar surface area (TPSA) is 79.8 Å². The van der Waals surface area contributed by atoms with Gasteiger partial charge in [0.05, 0.1) is 24.8 Å². The number of amides is 1. The van der Waals surface area contributed by atoms with Gasteiger partial charge in [0.15, 0.2) is 6.29 Å². The zero-order valence-electron chi connectivity index (χ0n) is 14.3. The summed E-state index contributed by atoms with van der Waals surface area (Å²) in [6, 6.07) is 1.98. The van der Waals surface area contributed by atoms with Gasteiger partial charge in [-0.3, -0.25) is 4.79 Å². The van der Waals surface area contributed by atoms with E-state index in [4.69, 9.17) is 9.47 Å². The third kappa shape index (κ3) is 6.00. The molecule has 25 heavy (non-hydrogen) atoms. The maximum atomic E-state index is 13.4. The normalized spacial score (nSPS) is 23.1. The second-order valence-corrected chi connectivity index (χ2v) is 6.01. The number of hydrogen-bond donors (Lipinski definition) is 3. The van der Waals surface area contributed by atoms with E-state index in [1.807, 2.05) is 6.92 Å². The molecular weight excluding hydrogens is 334 g/mol. The van der Waals surface area contributed by atoms with E-state index in [0.29, 0.717) is 18.7 Å². The highest BCUT2D eigenvalue weighted by Crippen LogP contribution is 2.15. The molecule has 1 amide bonds. The van der Waals surface area contributed by atoms with E-state index < -0.39 is 29.8 Å². The van der Waals surface area contributed by atoms with Crippen LogP contribution in [0.15, 0.2) is 18.2 Å². The molecule has 0 spiro atoms. The number of rotatable bonds is 7. The maximum Gasteiger partial charge on any atom is 0.217 e. The summed E-state index contributed by atoms with van der Waals surface area (Å²) in [4.78, 5) is 11.5. The van der Waals surface area contributed by atoms with Crippen molar-refractivity contribution in [3.63, 3.8) is 0 Å². The number of ether oxygens (including phenoxy) is 2. The molecule has 0 aromatic heterocycles. The lowest BCUT2D eigenvalue weighted by Gasteiger charge is -2.36. The molecule has 0 bridgehead atoms. The molecule has 8 heteroatoms. The van der Waals surface area contributed by atoms with Gasteiger partial charge in [0.2, 0.25) is 5.91 Å². The second kappa shape index (κ2) is 9.19. The van der Waals surface area contributed by atoms with Gasteiger partial charge in [-0.2, -0.15) is 0 Å². The number of halogens is 2. The standard InChI is InChI=1S/C17H24F2N2O4/c1-3-24-16-8-20-15(9-25-16)17(23)14(21-10(2)22)6-11-4-12(18)7-13(19)5-11/h4-5,7,14-17,20,23H,3,6,8-9H2,1-2H3,(H,21,22)/t14-,15+,16?,17-/m0/s1. The first-order valence-corrected chi connectivity index (χ1v) is 8.25. The Bertz CT molecular complexity index is 560. The molecule has 0 aliphatic carbocycles. The third-order valence-electron chi connectivity index (χ3n) is 3.95. The molecule has 4 atom stereocenters. The maximum absolute atomic E-state index is 13.4. The van der Waals surface area contributed by atoms with Gasteiger partial charge < -0.3 is 25.2 Å². The van der Waals surface area contributed by atoms with Crippen LogP contribution in [0.3, 0.4) is 0 Å². The Morgan fingerprint density at radius 2 is 2.12 bits per heavy atom. The summed E-state index contributed by atoms with van der Waals surface area (Å²) in [5.41, 5.74) is 0.347. The molecule has 1 aromatic carbocycles. The Hall–Kier alpha value is -1.61. The molecule has 1 unspecified atom stereocenters. The van der Waals surface area contributed by atoms with Crippen molar-refractivity contribution in [2.45, 2.75) is 44.7 Å². The summed E-state index contributed by atoms with van der Waals surface area (Å²) >= 11 is 0. The number of carbonyl (C=O) groups excluding carboxylic acids is 1. The molecule has 1 aliphatic heterocycles. The van der Waals surface area contributed by atoms with Crippen molar-refractivity contribution in [3.8, 4) is 0 Å². The Labute approximate surface area is 145 Å². The average Bonchev–Trinajstić information content (AvgIpc) is 2.53. The molecule has 1 heterocycles. The number of benzene rings is 1. The minimum absolute atomic E-state index is 0.0858. The van der Waals surface area contributed by atoms with Gasteiger partial charge in [0.25, 0.3) is 0 Å². The number of nitrogens with one attached hydrogen (secondary N) is 2. The first-order chi connectivity index (χ1) is 11.9. The van der Waals surface area contributed by atoms with E-state index in [1.54, 1.807) is 0 Å². The van der Waals surface area contributed by atoms with Crippen LogP contribution in [-0.4, -0.2) is 55.2 Å². The van der Waals surface area contributed by atoms with Crippen LogP contribution in [0.25, 0.3) is 0 Å². The Morgan fingerprint density at radius 3 is 2.64 bits per heavy atom. The molecule has 0 saturated carbocycles. The number of aliphatic hydroxyl groups excluding tert-OH is 1. The van der Waals surface area contributed by atoms with E-state index in [-0.39, 0.29) is 25.2 Å². The lowest BCUT2D eigenvalue weighted by Crippen LogP contribution is -2.59. The lowest BCUT2D eigenvalue weighted by atomic mass is 9.95. The van der Waals surface area contributed by atoms with Gasteiger partial charge in [-0.1, -0.05) is 0 Å². The fraction of sp³-hybridized carbons (Fsp3) is 0.588. The SMILES string of the molecule is CCOC1CN[C@@H]([C@@H](O)[C@H](Cc2cc(F)cc(F)c2)NC(C)=O)CO1. The Kier molecular flexibility index (Phi) is 7.24. The van der Waals surface area contributed by atoms with Gasteiger partial charge >= 0.3 is 0 Å². The molecule has 3 N–H and O–H groups in total. The molecule has 1 aliphatic rings. The number of hydrogen-bond acceptors (Lipinski definition) is 5. The van der Waals surface area contributed by atoms with Crippen LogP contribution in [0.2, 0.25) is 0 Å². The molecule has 1 aromatic rings. The van der Waals surface area contributed by atoms with Crippen LogP contribution in [0, 0.1) is 11.6 Å². The van der Waals surface area contributed by atoms with Crippen LogP contribution in [0.5, 0.6) is 0 Å². The summed E-state index contributed by atoms with van der Waals surface area (Å²) in [5.74, 6) is -1.75. The van der Waals surface area contributed by atoms with Crippen LogP contribution < -0.4 is 10.6 Å². The highest BCUT2D eigenvalue weighted by molar-refractivity contribution is 5.73. The monoisotopic (exact) mass is 358 g/mol. The first kappa shape index (κ1) is 19.7. The third-order valence-corrected chi connectivity index (χ3v) is 3.95. The predicted molar refractivity (Wildman–Crippen MR) is 86.8 cm³/mol. The van der Waals surface area contributed by atoms with Crippen molar-refractivity contribution in [1.29, 1.82) is 0 Å². The summed E-state index contributed by atoms with van der Waals surface area (Å²) in [5, 5.41) is 16.4. The number of aliphatic hydroxyl groups is 1. The number of morpholine rings is 1. The lowest BCUT2D eigenvalue weighted by molar-refractivity contribution is -0.169. The van der Waals surface area contributed by atoms with Crippen LogP contribution in [-0.2, 0) is 20.7 Å². The average molecular weight is 358 g/mol. The highest BCUT2D eigenvalue weighted by atomic mass is 19.1. The fourth-order valence-corrected chi connectivity index (χ4v) is 2.87. The molecule has 0 radical (unpaired) electrons. The van der Waals surface area contributed by atoms with Crippen molar-refractivity contribution >= 4 is 5.91 Å². The van der Waals surface area contributed by atoms with Crippen molar-refractivity contribution < 1.29 is 28.2 Å².